The minimum atomic E-state index is -3.86. The highest BCUT2D eigenvalue weighted by atomic mass is 32.2. The topological polar surface area (TPSA) is 93.7 Å². The predicted octanol–water partition coefficient (Wildman–Crippen LogP) is 3.90. The molecule has 0 aliphatic rings. The van der Waals surface area contributed by atoms with Gasteiger partial charge in [0, 0.05) is 11.4 Å². The molecule has 0 bridgehead atoms. The second-order valence-corrected chi connectivity index (χ2v) is 7.81. The van der Waals surface area contributed by atoms with Gasteiger partial charge in [-0.05, 0) is 60.7 Å². The number of halogens is 1. The Hall–Kier alpha value is -3.59. The van der Waals surface area contributed by atoms with Crippen molar-refractivity contribution < 1.29 is 27.1 Å². The highest BCUT2D eigenvalue weighted by Crippen LogP contribution is 2.31. The minimum absolute atomic E-state index is 0.0104. The second-order valence-electron chi connectivity index (χ2n) is 6.13. The van der Waals surface area contributed by atoms with Gasteiger partial charge in [0.15, 0.2) is 11.5 Å². The molecule has 0 saturated carbocycles. The van der Waals surface area contributed by atoms with Gasteiger partial charge in [0.1, 0.15) is 5.82 Å². The van der Waals surface area contributed by atoms with Crippen LogP contribution < -0.4 is 19.5 Å². The Morgan fingerprint density at radius 3 is 2.10 bits per heavy atom. The Bertz CT molecular complexity index is 1150. The van der Waals surface area contributed by atoms with E-state index in [4.69, 9.17) is 9.47 Å². The molecule has 0 saturated heterocycles. The summed E-state index contributed by atoms with van der Waals surface area (Å²) in [6, 6.07) is 15.5. The second kappa shape index (κ2) is 8.83. The van der Waals surface area contributed by atoms with Crippen molar-refractivity contribution in [2.45, 2.75) is 4.90 Å². The van der Waals surface area contributed by atoms with Crippen LogP contribution in [0.5, 0.6) is 11.5 Å². The SMILES string of the molecule is COc1cccc(C(=O)Nc2ccc(S(=O)(=O)Nc3ccc(F)cc3)cc2)c1OC. The molecule has 9 heteroatoms. The number of methoxy groups -OCH3 is 2. The Labute approximate surface area is 173 Å². The predicted molar refractivity (Wildman–Crippen MR) is 111 cm³/mol. The van der Waals surface area contributed by atoms with E-state index in [-0.39, 0.29) is 16.1 Å². The van der Waals surface area contributed by atoms with Crippen molar-refractivity contribution in [2.75, 3.05) is 24.3 Å². The molecule has 30 heavy (non-hydrogen) atoms. The van der Waals surface area contributed by atoms with Gasteiger partial charge in [0.2, 0.25) is 0 Å². The van der Waals surface area contributed by atoms with Gasteiger partial charge >= 0.3 is 0 Å². The zero-order valence-corrected chi connectivity index (χ0v) is 17.0. The molecular weight excluding hydrogens is 411 g/mol. The summed E-state index contributed by atoms with van der Waals surface area (Å²) in [5.41, 5.74) is 0.899. The maximum absolute atomic E-state index is 13.0. The van der Waals surface area contributed by atoms with Gasteiger partial charge in [-0.25, -0.2) is 12.8 Å². The first-order chi connectivity index (χ1) is 14.3. The molecule has 7 nitrogen and oxygen atoms in total. The van der Waals surface area contributed by atoms with E-state index in [1.165, 1.54) is 50.6 Å². The van der Waals surface area contributed by atoms with E-state index < -0.39 is 21.7 Å². The van der Waals surface area contributed by atoms with Crippen LogP contribution in [0.15, 0.2) is 71.6 Å². The van der Waals surface area contributed by atoms with Crippen molar-refractivity contribution in [3.8, 4) is 11.5 Å². The molecule has 0 atom stereocenters. The maximum Gasteiger partial charge on any atom is 0.261 e. The molecule has 2 N–H and O–H groups in total. The lowest BCUT2D eigenvalue weighted by Crippen LogP contribution is -2.15. The van der Waals surface area contributed by atoms with Crippen LogP contribution in [0.3, 0.4) is 0 Å². The number of para-hydroxylation sites is 1. The average molecular weight is 430 g/mol. The number of amides is 1. The van der Waals surface area contributed by atoms with E-state index in [0.29, 0.717) is 17.2 Å². The summed E-state index contributed by atoms with van der Waals surface area (Å²) in [5, 5.41) is 2.69. The number of carbonyl (C=O) groups is 1. The monoisotopic (exact) mass is 430 g/mol. The number of sulfonamides is 1. The smallest absolute Gasteiger partial charge is 0.261 e. The quantitative estimate of drug-likeness (QED) is 0.593. The van der Waals surface area contributed by atoms with Crippen LogP contribution in [0.4, 0.5) is 15.8 Å². The molecule has 0 heterocycles. The fourth-order valence-electron chi connectivity index (χ4n) is 2.71. The fourth-order valence-corrected chi connectivity index (χ4v) is 3.77. The molecule has 0 unspecified atom stereocenters. The average Bonchev–Trinajstić information content (AvgIpc) is 2.74. The molecule has 156 valence electrons. The van der Waals surface area contributed by atoms with Crippen LogP contribution >= 0.6 is 0 Å². The standard InChI is InChI=1S/C21H19FN2O5S/c1-28-19-5-3-4-18(20(19)29-2)21(25)23-15-10-12-17(13-11-15)30(26,27)24-16-8-6-14(22)7-9-16/h3-13,24H,1-2H3,(H,23,25). The summed E-state index contributed by atoms with van der Waals surface area (Å²) in [6.45, 7) is 0. The van der Waals surface area contributed by atoms with E-state index in [2.05, 4.69) is 10.0 Å². The van der Waals surface area contributed by atoms with Crippen LogP contribution in [0.2, 0.25) is 0 Å². The number of nitrogens with one attached hydrogen (secondary N) is 2. The van der Waals surface area contributed by atoms with Crippen molar-refractivity contribution in [3.63, 3.8) is 0 Å². The highest BCUT2D eigenvalue weighted by Gasteiger charge is 2.18. The summed E-state index contributed by atoms with van der Waals surface area (Å²) >= 11 is 0. The van der Waals surface area contributed by atoms with Gasteiger partial charge in [0.05, 0.1) is 24.7 Å². The normalized spacial score (nSPS) is 10.9. The van der Waals surface area contributed by atoms with Gasteiger partial charge in [-0.15, -0.1) is 0 Å². The Kier molecular flexibility index (Phi) is 6.22. The molecule has 0 spiro atoms. The summed E-state index contributed by atoms with van der Waals surface area (Å²) in [7, 11) is -0.961. The van der Waals surface area contributed by atoms with Crippen LogP contribution in [-0.2, 0) is 10.0 Å². The Morgan fingerprint density at radius 2 is 1.50 bits per heavy atom. The van der Waals surface area contributed by atoms with Gasteiger partial charge in [-0.3, -0.25) is 9.52 Å². The third-order valence-electron chi connectivity index (χ3n) is 4.17. The molecule has 1 amide bonds. The molecular formula is C21H19FN2O5S. The summed E-state index contributed by atoms with van der Waals surface area (Å²) < 4.78 is 50.7. The molecule has 3 rings (SSSR count). The molecule has 3 aromatic rings. The van der Waals surface area contributed by atoms with Gasteiger partial charge in [-0.2, -0.15) is 0 Å². The first-order valence-corrected chi connectivity index (χ1v) is 10.2. The molecule has 0 aromatic heterocycles. The Balaban J connectivity index is 1.76. The van der Waals surface area contributed by atoms with Crippen LogP contribution in [0.1, 0.15) is 10.4 Å². The van der Waals surface area contributed by atoms with Crippen molar-refractivity contribution in [3.05, 3.63) is 78.1 Å². The number of benzene rings is 3. The molecule has 3 aromatic carbocycles. The Morgan fingerprint density at radius 1 is 0.867 bits per heavy atom. The number of hydrogen-bond acceptors (Lipinski definition) is 5. The van der Waals surface area contributed by atoms with Gasteiger partial charge in [-0.1, -0.05) is 6.07 Å². The summed E-state index contributed by atoms with van der Waals surface area (Å²) in [6.07, 6.45) is 0. The van der Waals surface area contributed by atoms with Gasteiger partial charge < -0.3 is 14.8 Å². The number of hydrogen-bond donors (Lipinski definition) is 2. The molecule has 0 fully saturated rings. The molecule has 0 aliphatic carbocycles. The zero-order valence-electron chi connectivity index (χ0n) is 16.2. The van der Waals surface area contributed by atoms with Crippen molar-refractivity contribution in [2.24, 2.45) is 0 Å². The van der Waals surface area contributed by atoms with E-state index in [0.717, 1.165) is 12.1 Å². The zero-order chi connectivity index (χ0) is 21.7. The first kappa shape index (κ1) is 21.1. The lowest BCUT2D eigenvalue weighted by molar-refractivity contribution is 0.102. The third kappa shape index (κ3) is 4.69. The number of anilines is 2. The maximum atomic E-state index is 13.0. The number of rotatable bonds is 7. The first-order valence-electron chi connectivity index (χ1n) is 8.75. The highest BCUT2D eigenvalue weighted by molar-refractivity contribution is 7.92. The lowest BCUT2D eigenvalue weighted by Gasteiger charge is -2.13. The van der Waals surface area contributed by atoms with Gasteiger partial charge in [0.25, 0.3) is 15.9 Å². The van der Waals surface area contributed by atoms with Crippen LogP contribution in [0, 0.1) is 5.82 Å². The van der Waals surface area contributed by atoms with E-state index >= 15 is 0 Å². The fraction of sp³-hybridized carbons (Fsp3) is 0.0952. The molecule has 0 aliphatic heterocycles. The van der Waals surface area contributed by atoms with Crippen LogP contribution in [0.25, 0.3) is 0 Å². The van der Waals surface area contributed by atoms with Crippen molar-refractivity contribution in [1.82, 2.24) is 0 Å². The van der Waals surface area contributed by atoms with Crippen molar-refractivity contribution in [1.29, 1.82) is 0 Å². The lowest BCUT2D eigenvalue weighted by atomic mass is 10.1. The summed E-state index contributed by atoms with van der Waals surface area (Å²) in [5.74, 6) is -0.199. The van der Waals surface area contributed by atoms with Crippen LogP contribution in [-0.4, -0.2) is 28.5 Å². The number of ether oxygens (including phenoxy) is 2. The minimum Gasteiger partial charge on any atom is -0.493 e. The van der Waals surface area contributed by atoms with Crippen molar-refractivity contribution >= 4 is 27.3 Å². The largest absolute Gasteiger partial charge is 0.493 e. The van der Waals surface area contributed by atoms with E-state index in [1.807, 2.05) is 0 Å². The van der Waals surface area contributed by atoms with E-state index in [9.17, 15) is 17.6 Å². The van der Waals surface area contributed by atoms with E-state index in [1.54, 1.807) is 18.2 Å². The number of carbonyl (C=O) groups excluding carboxylic acids is 1. The molecule has 0 radical (unpaired) electrons. The third-order valence-corrected chi connectivity index (χ3v) is 5.56. The summed E-state index contributed by atoms with van der Waals surface area (Å²) in [4.78, 5) is 12.6.